The third kappa shape index (κ3) is 1.70. The summed E-state index contributed by atoms with van der Waals surface area (Å²) in [6.07, 6.45) is 0. The Balaban J connectivity index is 3.08. The summed E-state index contributed by atoms with van der Waals surface area (Å²) < 4.78 is 0. The van der Waals surface area contributed by atoms with Crippen LogP contribution in [-0.4, -0.2) is 5.25 Å². The van der Waals surface area contributed by atoms with Gasteiger partial charge in [-0.2, -0.15) is 0 Å². The maximum Gasteiger partial charge on any atom is 0.0499 e. The highest BCUT2D eigenvalue weighted by Gasteiger charge is 2.26. The Bertz CT molecular complexity index is 242. The zero-order valence-corrected chi connectivity index (χ0v) is 11.6. The van der Waals surface area contributed by atoms with Crippen molar-refractivity contribution in [3.63, 3.8) is 0 Å². The van der Waals surface area contributed by atoms with Crippen LogP contribution in [0.4, 0.5) is 0 Å². The predicted molar refractivity (Wildman–Crippen MR) is 69.4 cm³/mol. The molecular formula is C9H14ClIS. The van der Waals surface area contributed by atoms with Gasteiger partial charge in [-0.1, -0.05) is 21.8 Å². The Hall–Kier alpha value is 0.850. The van der Waals surface area contributed by atoms with Gasteiger partial charge in [0.05, 0.1) is 0 Å². The van der Waals surface area contributed by atoms with E-state index in [4.69, 9.17) is 10.7 Å². The highest BCUT2D eigenvalue weighted by Crippen LogP contribution is 2.54. The molecule has 12 heavy (non-hydrogen) atoms. The van der Waals surface area contributed by atoms with Gasteiger partial charge in [-0.3, -0.25) is 0 Å². The van der Waals surface area contributed by atoms with Crippen molar-refractivity contribution in [2.45, 2.75) is 32.9 Å². The van der Waals surface area contributed by atoms with Gasteiger partial charge in [-0.05, 0) is 60.0 Å². The summed E-state index contributed by atoms with van der Waals surface area (Å²) in [6.45, 7) is 8.80. The van der Waals surface area contributed by atoms with E-state index in [-0.39, 0.29) is 0 Å². The van der Waals surface area contributed by atoms with Crippen LogP contribution < -0.4 is 0 Å². The van der Waals surface area contributed by atoms with Gasteiger partial charge in [0.25, 0.3) is 0 Å². The molecule has 0 saturated carbocycles. The summed E-state index contributed by atoms with van der Waals surface area (Å²) in [4.78, 5) is 0. The van der Waals surface area contributed by atoms with Crippen LogP contribution in [0, 0.1) is 0 Å². The largest absolute Gasteiger partial charge is 0.110 e. The quantitative estimate of drug-likeness (QED) is 0.532. The summed E-state index contributed by atoms with van der Waals surface area (Å²) in [7, 11) is 5.78. The van der Waals surface area contributed by atoms with Gasteiger partial charge < -0.3 is 0 Å². The number of halogens is 2. The molecule has 0 saturated heterocycles. The minimum Gasteiger partial charge on any atom is -0.110 e. The molecule has 70 valence electrons. The Morgan fingerprint density at radius 3 is 1.58 bits per heavy atom. The summed E-state index contributed by atoms with van der Waals surface area (Å²) in [6, 6.07) is 0. The molecule has 0 heterocycles. The van der Waals surface area contributed by atoms with E-state index in [9.17, 15) is 0 Å². The Morgan fingerprint density at radius 2 is 1.42 bits per heavy atom. The molecule has 0 aliphatic heterocycles. The lowest BCUT2D eigenvalue weighted by molar-refractivity contribution is 1.16. The fraction of sp³-hybridized carbons (Fsp3) is 0.556. The van der Waals surface area contributed by atoms with Crippen LogP contribution >= 0.6 is 39.2 Å². The van der Waals surface area contributed by atoms with Gasteiger partial charge in [0.2, 0.25) is 0 Å². The summed E-state index contributed by atoms with van der Waals surface area (Å²) in [5.41, 5.74) is 5.84. The Morgan fingerprint density at radius 1 is 1.08 bits per heavy atom. The van der Waals surface area contributed by atoms with Crippen LogP contribution in [-0.2, 0) is 0 Å². The number of allylic oxidation sites excluding steroid dienone is 2. The molecule has 0 amide bonds. The Kier molecular flexibility index (Phi) is 3.58. The van der Waals surface area contributed by atoms with E-state index in [1.807, 2.05) is 0 Å². The molecule has 0 fully saturated rings. The van der Waals surface area contributed by atoms with Crippen molar-refractivity contribution in [1.29, 1.82) is 0 Å². The first-order chi connectivity index (χ1) is 5.46. The fourth-order valence-corrected chi connectivity index (χ4v) is 5.98. The first kappa shape index (κ1) is 10.9. The van der Waals surface area contributed by atoms with E-state index < -0.39 is 7.28 Å². The van der Waals surface area contributed by atoms with Crippen molar-refractivity contribution in [1.82, 2.24) is 0 Å². The van der Waals surface area contributed by atoms with Gasteiger partial charge in [-0.25, -0.2) is 0 Å². The summed E-state index contributed by atoms with van der Waals surface area (Å²) in [5.74, 6) is 0. The first-order valence-electron chi connectivity index (χ1n) is 3.92. The minimum absolute atomic E-state index is 0.407. The van der Waals surface area contributed by atoms with Crippen LogP contribution in [0.2, 0.25) is 0 Å². The molecule has 1 aliphatic rings. The van der Waals surface area contributed by atoms with Crippen molar-refractivity contribution < 1.29 is 0 Å². The standard InChI is InChI=1S/C9H14ClIS/c1-5-6(2)8(4)9(7(5)3)12(10)11/h9,12H,1-4H3. The van der Waals surface area contributed by atoms with E-state index in [1.54, 1.807) is 0 Å². The summed E-state index contributed by atoms with van der Waals surface area (Å²) in [5, 5.41) is 0.530. The van der Waals surface area contributed by atoms with E-state index >= 15 is 0 Å². The van der Waals surface area contributed by atoms with Crippen LogP contribution in [0.1, 0.15) is 27.7 Å². The molecule has 0 spiro atoms. The van der Waals surface area contributed by atoms with E-state index in [2.05, 4.69) is 48.9 Å². The maximum atomic E-state index is 6.19. The van der Waals surface area contributed by atoms with Gasteiger partial charge in [0.15, 0.2) is 0 Å². The van der Waals surface area contributed by atoms with Gasteiger partial charge >= 0.3 is 0 Å². The maximum absolute atomic E-state index is 6.19. The van der Waals surface area contributed by atoms with Crippen molar-refractivity contribution in [3.05, 3.63) is 22.3 Å². The third-order valence-electron chi connectivity index (χ3n) is 2.76. The minimum atomic E-state index is -0.407. The van der Waals surface area contributed by atoms with E-state index in [0.717, 1.165) is 0 Å². The average molecular weight is 317 g/mol. The fourth-order valence-electron chi connectivity index (χ4n) is 1.62. The normalized spacial score (nSPS) is 24.0. The monoisotopic (exact) mass is 316 g/mol. The Labute approximate surface area is 93.9 Å². The molecule has 0 N–H and O–H groups in total. The second-order valence-electron chi connectivity index (χ2n) is 3.28. The first-order valence-corrected chi connectivity index (χ1v) is 9.02. The second kappa shape index (κ2) is 3.93. The lowest BCUT2D eigenvalue weighted by Gasteiger charge is -2.18. The molecule has 0 aromatic carbocycles. The van der Waals surface area contributed by atoms with Crippen LogP contribution in [0.5, 0.6) is 0 Å². The van der Waals surface area contributed by atoms with Crippen LogP contribution in [0.25, 0.3) is 0 Å². The van der Waals surface area contributed by atoms with E-state index in [1.165, 1.54) is 22.3 Å². The second-order valence-corrected chi connectivity index (χ2v) is 10.2. The molecule has 3 heteroatoms. The molecular weight excluding hydrogens is 303 g/mol. The smallest absolute Gasteiger partial charge is 0.0499 e. The number of hydrogen-bond acceptors (Lipinski definition) is 0. The summed E-state index contributed by atoms with van der Waals surface area (Å²) >= 11 is 2.36. The van der Waals surface area contributed by atoms with Gasteiger partial charge in [-0.15, -0.1) is 7.28 Å². The molecule has 1 atom stereocenters. The lowest BCUT2D eigenvalue weighted by Crippen LogP contribution is -2.02. The topological polar surface area (TPSA) is 0 Å². The zero-order valence-electron chi connectivity index (χ0n) is 7.78. The third-order valence-corrected chi connectivity index (χ3v) is 6.18. The predicted octanol–water partition coefficient (Wildman–Crippen LogP) is 4.55. The zero-order chi connectivity index (χ0) is 9.46. The van der Waals surface area contributed by atoms with Gasteiger partial charge in [0.1, 0.15) is 0 Å². The highest BCUT2D eigenvalue weighted by molar-refractivity contribution is 14.2. The molecule has 0 aromatic rings. The van der Waals surface area contributed by atoms with Crippen molar-refractivity contribution >= 4 is 39.2 Å². The number of hydrogen-bond donors (Lipinski definition) is 1. The molecule has 0 radical (unpaired) electrons. The lowest BCUT2D eigenvalue weighted by atomic mass is 10.1. The van der Waals surface area contributed by atoms with Gasteiger partial charge in [0, 0.05) is 5.25 Å². The highest BCUT2D eigenvalue weighted by atomic mass is 127. The SMILES string of the molecule is CC1=C(C)C([SH](Cl)I)C(C)=C1C. The number of thiol groups is 1. The molecule has 1 unspecified atom stereocenters. The van der Waals surface area contributed by atoms with Crippen LogP contribution in [0.3, 0.4) is 0 Å². The molecule has 1 aliphatic carbocycles. The average Bonchev–Trinajstić information content (AvgIpc) is 2.16. The van der Waals surface area contributed by atoms with Crippen molar-refractivity contribution in [2.24, 2.45) is 0 Å². The van der Waals surface area contributed by atoms with Crippen LogP contribution in [0.15, 0.2) is 22.3 Å². The van der Waals surface area contributed by atoms with Crippen molar-refractivity contribution in [2.75, 3.05) is 0 Å². The number of rotatable bonds is 1. The molecule has 1 rings (SSSR count). The van der Waals surface area contributed by atoms with E-state index in [0.29, 0.717) is 5.25 Å². The molecule has 0 nitrogen and oxygen atoms in total. The van der Waals surface area contributed by atoms with Crippen molar-refractivity contribution in [3.8, 4) is 0 Å². The molecule has 0 aromatic heterocycles. The molecule has 0 bridgehead atoms.